The quantitative estimate of drug-likeness (QED) is 0.266. The molecule has 0 aromatic heterocycles. The number of likely N-dealkylation sites (tertiary alicyclic amines) is 1. The largest absolute Gasteiger partial charge is 0.465 e. The van der Waals surface area contributed by atoms with E-state index in [-0.39, 0.29) is 17.9 Å². The number of hydrogen-bond donors (Lipinski definition) is 1. The Morgan fingerprint density at radius 3 is 2.68 bits per heavy atom. The van der Waals surface area contributed by atoms with Crippen LogP contribution in [0, 0.1) is 6.92 Å². The van der Waals surface area contributed by atoms with E-state index in [9.17, 15) is 14.7 Å². The molecule has 192 valence electrons. The van der Waals surface area contributed by atoms with Gasteiger partial charge in [0.1, 0.15) is 0 Å². The van der Waals surface area contributed by atoms with Gasteiger partial charge in [-0.2, -0.15) is 0 Å². The molecule has 1 unspecified atom stereocenters. The molecule has 0 radical (unpaired) electrons. The second kappa shape index (κ2) is 12.2. The zero-order chi connectivity index (χ0) is 26.4. The Bertz CT molecular complexity index is 1280. The van der Waals surface area contributed by atoms with Gasteiger partial charge >= 0.3 is 5.97 Å². The fourth-order valence-electron chi connectivity index (χ4n) is 4.81. The van der Waals surface area contributed by atoms with Crippen molar-refractivity contribution in [1.82, 2.24) is 4.90 Å². The van der Waals surface area contributed by atoms with Crippen LogP contribution in [0.25, 0.3) is 11.1 Å². The fourth-order valence-corrected chi connectivity index (χ4v) is 5.04. The molecule has 0 spiro atoms. The van der Waals surface area contributed by atoms with Crippen LogP contribution in [0.1, 0.15) is 52.4 Å². The van der Waals surface area contributed by atoms with E-state index in [0.717, 1.165) is 47.1 Å². The van der Waals surface area contributed by atoms with E-state index in [0.29, 0.717) is 23.6 Å². The minimum atomic E-state index is -0.765. The van der Waals surface area contributed by atoms with Crippen molar-refractivity contribution in [3.05, 3.63) is 106 Å². The van der Waals surface area contributed by atoms with Crippen LogP contribution in [0.15, 0.2) is 78.9 Å². The van der Waals surface area contributed by atoms with Crippen LogP contribution in [-0.2, 0) is 16.0 Å². The first-order valence-electron chi connectivity index (χ1n) is 12.6. The summed E-state index contributed by atoms with van der Waals surface area (Å²) in [5.41, 5.74) is 5.62. The monoisotopic (exact) mass is 517 g/mol. The summed E-state index contributed by atoms with van der Waals surface area (Å²) in [5, 5.41) is 11.6. The predicted molar refractivity (Wildman–Crippen MR) is 147 cm³/mol. The lowest BCUT2D eigenvalue weighted by Gasteiger charge is -2.23. The average Bonchev–Trinajstić information content (AvgIpc) is 3.26. The highest BCUT2D eigenvalue weighted by Gasteiger charge is 2.28. The minimum absolute atomic E-state index is 0.0226. The van der Waals surface area contributed by atoms with Crippen LogP contribution in [0.2, 0.25) is 5.02 Å². The Labute approximate surface area is 223 Å². The molecule has 0 bridgehead atoms. The van der Waals surface area contributed by atoms with E-state index < -0.39 is 6.10 Å². The number of ether oxygens (including phenoxy) is 1. The van der Waals surface area contributed by atoms with Crippen molar-refractivity contribution in [2.24, 2.45) is 0 Å². The minimum Gasteiger partial charge on any atom is -0.465 e. The molecule has 1 N–H and O–H groups in total. The molecule has 0 aliphatic carbocycles. The van der Waals surface area contributed by atoms with Crippen LogP contribution in [0.5, 0.6) is 0 Å². The SMILES string of the molecule is COC(=O)c1ccc(CCCN2C(=O)CC[C@@H]2/C=C/C(O)c2cccc(-c3ccc(Cl)cc3C)c2)cc1. The highest BCUT2D eigenvalue weighted by Crippen LogP contribution is 2.29. The number of carbonyl (C=O) groups excluding carboxylic acids is 2. The second-order valence-electron chi connectivity index (χ2n) is 9.40. The number of esters is 1. The van der Waals surface area contributed by atoms with Gasteiger partial charge in [0.25, 0.3) is 0 Å². The van der Waals surface area contributed by atoms with E-state index >= 15 is 0 Å². The molecule has 37 heavy (non-hydrogen) atoms. The van der Waals surface area contributed by atoms with Crippen molar-refractivity contribution < 1.29 is 19.4 Å². The maximum absolute atomic E-state index is 12.5. The summed E-state index contributed by atoms with van der Waals surface area (Å²) in [6, 6.07) is 21.0. The standard InChI is InChI=1S/C31H32ClNO4/c1-21-19-26(32)12-15-28(21)24-6-3-7-25(20-24)29(34)16-13-27-14-17-30(35)33(27)18-4-5-22-8-10-23(11-9-22)31(36)37-2/h3,6-13,15-16,19-20,27,29,34H,4-5,14,17-18H2,1-2H3/b16-13+/t27-,29?/m0/s1. The number of hydrogen-bond acceptors (Lipinski definition) is 4. The molecule has 1 saturated heterocycles. The summed E-state index contributed by atoms with van der Waals surface area (Å²) in [6.07, 6.45) is 5.87. The maximum Gasteiger partial charge on any atom is 0.337 e. The van der Waals surface area contributed by atoms with E-state index in [1.165, 1.54) is 7.11 Å². The number of aliphatic hydroxyl groups is 1. The first kappa shape index (κ1) is 26.6. The lowest BCUT2D eigenvalue weighted by molar-refractivity contribution is -0.128. The number of carbonyl (C=O) groups is 2. The third kappa shape index (κ3) is 6.68. The summed E-state index contributed by atoms with van der Waals surface area (Å²) >= 11 is 6.10. The Morgan fingerprint density at radius 2 is 1.95 bits per heavy atom. The lowest BCUT2D eigenvalue weighted by Crippen LogP contribution is -2.33. The van der Waals surface area contributed by atoms with Crippen molar-refractivity contribution in [3.8, 4) is 11.1 Å². The Kier molecular flexibility index (Phi) is 8.80. The van der Waals surface area contributed by atoms with Crippen LogP contribution >= 0.6 is 11.6 Å². The average molecular weight is 518 g/mol. The number of aryl methyl sites for hydroxylation is 2. The molecule has 2 atom stereocenters. The predicted octanol–water partition coefficient (Wildman–Crippen LogP) is 6.32. The lowest BCUT2D eigenvalue weighted by atomic mass is 9.97. The summed E-state index contributed by atoms with van der Waals surface area (Å²) < 4.78 is 4.74. The van der Waals surface area contributed by atoms with Gasteiger partial charge in [-0.25, -0.2) is 4.79 Å². The van der Waals surface area contributed by atoms with Gasteiger partial charge in [-0.1, -0.05) is 60.2 Å². The zero-order valence-corrected chi connectivity index (χ0v) is 21.9. The highest BCUT2D eigenvalue weighted by molar-refractivity contribution is 6.30. The molecule has 4 rings (SSSR count). The van der Waals surface area contributed by atoms with Crippen LogP contribution in [0.4, 0.5) is 0 Å². The second-order valence-corrected chi connectivity index (χ2v) is 9.84. The third-order valence-corrected chi connectivity index (χ3v) is 7.09. The number of aliphatic hydroxyl groups excluding tert-OH is 1. The molecule has 1 fully saturated rings. The summed E-state index contributed by atoms with van der Waals surface area (Å²) in [4.78, 5) is 26.0. The van der Waals surface area contributed by atoms with Gasteiger partial charge in [-0.3, -0.25) is 4.79 Å². The molecular weight excluding hydrogens is 486 g/mol. The molecule has 3 aromatic carbocycles. The Morgan fingerprint density at radius 1 is 1.16 bits per heavy atom. The van der Waals surface area contributed by atoms with Crippen molar-refractivity contribution in [1.29, 1.82) is 0 Å². The van der Waals surface area contributed by atoms with E-state index in [1.54, 1.807) is 18.2 Å². The third-order valence-electron chi connectivity index (χ3n) is 6.86. The van der Waals surface area contributed by atoms with Crippen molar-refractivity contribution in [3.63, 3.8) is 0 Å². The summed E-state index contributed by atoms with van der Waals surface area (Å²) in [6.45, 7) is 2.67. The van der Waals surface area contributed by atoms with Gasteiger partial charge in [0.05, 0.1) is 24.8 Å². The molecule has 0 saturated carbocycles. The van der Waals surface area contributed by atoms with Gasteiger partial charge in [-0.15, -0.1) is 0 Å². The van der Waals surface area contributed by atoms with Crippen molar-refractivity contribution in [2.45, 2.75) is 44.8 Å². The number of rotatable bonds is 9. The van der Waals surface area contributed by atoms with Crippen LogP contribution in [0.3, 0.4) is 0 Å². The highest BCUT2D eigenvalue weighted by atomic mass is 35.5. The van der Waals surface area contributed by atoms with Crippen LogP contribution < -0.4 is 0 Å². The topological polar surface area (TPSA) is 66.8 Å². The summed E-state index contributed by atoms with van der Waals surface area (Å²) in [5.74, 6) is -0.205. The molecule has 5 nitrogen and oxygen atoms in total. The number of methoxy groups -OCH3 is 1. The number of halogens is 1. The van der Waals surface area contributed by atoms with E-state index in [4.69, 9.17) is 16.3 Å². The van der Waals surface area contributed by atoms with Gasteiger partial charge < -0.3 is 14.7 Å². The van der Waals surface area contributed by atoms with E-state index in [1.807, 2.05) is 72.5 Å². The van der Waals surface area contributed by atoms with Gasteiger partial charge in [0, 0.05) is 18.0 Å². The molecule has 1 heterocycles. The molecular formula is C31H32ClNO4. The fraction of sp³-hybridized carbons (Fsp3) is 0.290. The Balaban J connectivity index is 1.36. The van der Waals surface area contributed by atoms with Crippen LogP contribution in [-0.4, -0.2) is 41.6 Å². The van der Waals surface area contributed by atoms with Crippen molar-refractivity contribution >= 4 is 23.5 Å². The first-order chi connectivity index (χ1) is 17.9. The van der Waals surface area contributed by atoms with Crippen molar-refractivity contribution in [2.75, 3.05) is 13.7 Å². The molecule has 1 amide bonds. The summed E-state index contributed by atoms with van der Waals surface area (Å²) in [7, 11) is 1.37. The van der Waals surface area contributed by atoms with Gasteiger partial charge in [-0.05, 0) is 84.3 Å². The zero-order valence-electron chi connectivity index (χ0n) is 21.2. The number of nitrogens with zero attached hydrogens (tertiary/aromatic N) is 1. The molecule has 3 aromatic rings. The van der Waals surface area contributed by atoms with Gasteiger partial charge in [0.15, 0.2) is 0 Å². The van der Waals surface area contributed by atoms with E-state index in [2.05, 4.69) is 0 Å². The van der Waals surface area contributed by atoms with Gasteiger partial charge in [0.2, 0.25) is 5.91 Å². The molecule has 6 heteroatoms. The first-order valence-corrected chi connectivity index (χ1v) is 12.9. The normalized spacial score (nSPS) is 16.4. The maximum atomic E-state index is 12.5. The number of benzene rings is 3. The molecule has 1 aliphatic heterocycles. The number of amides is 1. The molecule has 1 aliphatic rings. The Hall–Kier alpha value is -3.41. The smallest absolute Gasteiger partial charge is 0.337 e.